The van der Waals surface area contributed by atoms with Gasteiger partial charge in [-0.25, -0.2) is 0 Å². The minimum Gasteiger partial charge on any atom is -0.373 e. The molecule has 1 saturated heterocycles. The maximum atomic E-state index is 12.0. The lowest BCUT2D eigenvalue weighted by Gasteiger charge is -2.21. The SMILES string of the molecule is NC(=O)[Si@@H]1CCCN1C(=O)CCc1cccs1. The highest BCUT2D eigenvalue weighted by Crippen LogP contribution is 2.18. The number of primary amides is 1. The zero-order chi connectivity index (χ0) is 12.3. The number of thiophene rings is 1. The largest absolute Gasteiger partial charge is 0.373 e. The summed E-state index contributed by atoms with van der Waals surface area (Å²) >= 11 is 1.66. The lowest BCUT2D eigenvalue weighted by Crippen LogP contribution is -2.47. The maximum Gasteiger partial charge on any atom is 0.245 e. The summed E-state index contributed by atoms with van der Waals surface area (Å²) in [6.45, 7) is 0.725. The number of nitrogens with two attached hydrogens (primary N) is 1. The molecule has 92 valence electrons. The summed E-state index contributed by atoms with van der Waals surface area (Å²) in [6.07, 6.45) is 2.20. The van der Waals surface area contributed by atoms with Crippen molar-refractivity contribution >= 4 is 31.7 Å². The first-order valence-corrected chi connectivity index (χ1v) is 8.58. The monoisotopic (exact) mass is 268 g/mol. The average Bonchev–Trinajstić information content (AvgIpc) is 2.96. The topological polar surface area (TPSA) is 63.4 Å². The van der Waals surface area contributed by atoms with Gasteiger partial charge in [-0.05, 0) is 30.3 Å². The summed E-state index contributed by atoms with van der Waals surface area (Å²) in [7, 11) is -1.81. The summed E-state index contributed by atoms with van der Waals surface area (Å²) in [6, 6.07) is 4.87. The molecule has 1 fully saturated rings. The lowest BCUT2D eigenvalue weighted by molar-refractivity contribution is -0.126. The Kier molecular flexibility index (Phi) is 3.96. The van der Waals surface area contributed by atoms with Gasteiger partial charge in [-0.3, -0.25) is 9.59 Å². The predicted octanol–water partition coefficient (Wildman–Crippen LogP) is 1.30. The number of rotatable bonds is 4. The van der Waals surface area contributed by atoms with Gasteiger partial charge in [0.15, 0.2) is 0 Å². The standard InChI is InChI=1S/C11H16N2O2SSi/c12-11(15)17-8-2-6-13(17)10(14)5-4-9-3-1-7-16-9/h1,3,7,17H,2,4-6,8H2,(H2,12,15)/t17-/m0/s1. The molecule has 0 spiro atoms. The molecular formula is C11H16N2O2SSi. The second-order valence-electron chi connectivity index (χ2n) is 4.23. The molecule has 17 heavy (non-hydrogen) atoms. The Hall–Kier alpha value is -1.14. The first kappa shape index (κ1) is 12.3. The van der Waals surface area contributed by atoms with E-state index >= 15 is 0 Å². The van der Waals surface area contributed by atoms with Crippen molar-refractivity contribution < 1.29 is 9.59 Å². The molecule has 4 nitrogen and oxygen atoms in total. The normalized spacial score (nSPS) is 19.5. The molecule has 2 amide bonds. The van der Waals surface area contributed by atoms with Crippen molar-refractivity contribution in [3.8, 4) is 0 Å². The molecule has 0 saturated carbocycles. The van der Waals surface area contributed by atoms with Gasteiger partial charge in [0, 0.05) is 17.8 Å². The molecular weight excluding hydrogens is 252 g/mol. The summed E-state index contributed by atoms with van der Waals surface area (Å²) < 4.78 is 1.77. The molecule has 0 radical (unpaired) electrons. The van der Waals surface area contributed by atoms with Gasteiger partial charge in [-0.2, -0.15) is 0 Å². The van der Waals surface area contributed by atoms with Crippen molar-refractivity contribution in [3.63, 3.8) is 0 Å². The third kappa shape index (κ3) is 2.95. The van der Waals surface area contributed by atoms with Crippen LogP contribution in [0.25, 0.3) is 0 Å². The van der Waals surface area contributed by atoms with Crippen LogP contribution in [0.15, 0.2) is 17.5 Å². The Morgan fingerprint density at radius 1 is 1.53 bits per heavy atom. The fraction of sp³-hybridized carbons (Fsp3) is 0.455. The van der Waals surface area contributed by atoms with Gasteiger partial charge in [0.1, 0.15) is 0 Å². The van der Waals surface area contributed by atoms with E-state index in [9.17, 15) is 9.59 Å². The van der Waals surface area contributed by atoms with Crippen molar-refractivity contribution in [1.82, 2.24) is 4.57 Å². The molecule has 0 aromatic carbocycles. The summed E-state index contributed by atoms with van der Waals surface area (Å²) in [5, 5.41) is 2.01. The highest BCUT2D eigenvalue weighted by Gasteiger charge is 2.34. The van der Waals surface area contributed by atoms with Crippen LogP contribution in [0, 0.1) is 0 Å². The molecule has 2 N–H and O–H groups in total. The van der Waals surface area contributed by atoms with E-state index in [1.807, 2.05) is 17.5 Å². The van der Waals surface area contributed by atoms with Gasteiger partial charge >= 0.3 is 0 Å². The number of carbonyl (C=O) groups is 2. The molecule has 1 aromatic rings. The van der Waals surface area contributed by atoms with Gasteiger partial charge in [0.2, 0.25) is 20.4 Å². The average molecular weight is 268 g/mol. The molecule has 1 aliphatic heterocycles. The smallest absolute Gasteiger partial charge is 0.245 e. The summed E-state index contributed by atoms with van der Waals surface area (Å²) in [5.74, 6) is 0.103. The van der Waals surface area contributed by atoms with Gasteiger partial charge in [-0.1, -0.05) is 6.07 Å². The third-order valence-electron chi connectivity index (χ3n) is 3.07. The van der Waals surface area contributed by atoms with Gasteiger partial charge in [0.25, 0.3) is 0 Å². The Bertz CT molecular complexity index is 408. The van der Waals surface area contributed by atoms with Gasteiger partial charge in [0.05, 0.1) is 0 Å². The van der Waals surface area contributed by atoms with Gasteiger partial charge < -0.3 is 10.3 Å². The summed E-state index contributed by atoms with van der Waals surface area (Å²) in [4.78, 5) is 24.5. The Morgan fingerprint density at radius 2 is 2.35 bits per heavy atom. The van der Waals surface area contributed by atoms with E-state index < -0.39 is 8.96 Å². The van der Waals surface area contributed by atoms with Crippen LogP contribution in [-0.2, 0) is 11.2 Å². The lowest BCUT2D eigenvalue weighted by atomic mass is 10.2. The maximum absolute atomic E-state index is 12.0. The van der Waals surface area contributed by atoms with Crippen LogP contribution in [0.3, 0.4) is 0 Å². The number of carbonyl (C=O) groups excluding carboxylic acids is 2. The predicted molar refractivity (Wildman–Crippen MR) is 70.5 cm³/mol. The van der Waals surface area contributed by atoms with E-state index in [4.69, 9.17) is 5.73 Å². The highest BCUT2D eigenvalue weighted by atomic mass is 32.1. The fourth-order valence-electron chi connectivity index (χ4n) is 2.19. The van der Waals surface area contributed by atoms with Crippen molar-refractivity contribution in [2.75, 3.05) is 6.54 Å². The Morgan fingerprint density at radius 3 is 3.00 bits per heavy atom. The van der Waals surface area contributed by atoms with E-state index in [1.54, 1.807) is 15.9 Å². The fourth-order valence-corrected chi connectivity index (χ4v) is 5.34. The molecule has 0 bridgehead atoms. The number of aryl methyl sites for hydroxylation is 1. The molecule has 1 aliphatic rings. The Labute approximate surface area is 106 Å². The molecule has 2 heterocycles. The molecule has 0 aliphatic carbocycles. The zero-order valence-electron chi connectivity index (χ0n) is 9.59. The zero-order valence-corrected chi connectivity index (χ0v) is 11.6. The minimum atomic E-state index is -1.81. The number of amides is 2. The Balaban J connectivity index is 1.89. The molecule has 6 heteroatoms. The first-order chi connectivity index (χ1) is 8.18. The van der Waals surface area contributed by atoms with Crippen LogP contribution in [0.5, 0.6) is 0 Å². The number of nitrogens with zero attached hydrogens (tertiary/aromatic N) is 1. The molecule has 0 unspecified atom stereocenters. The van der Waals surface area contributed by atoms with Crippen molar-refractivity contribution in [2.45, 2.75) is 25.3 Å². The molecule has 2 rings (SSSR count). The van der Waals surface area contributed by atoms with E-state index in [0.29, 0.717) is 6.42 Å². The number of hydrogen-bond donors (Lipinski definition) is 1. The molecule has 1 atom stereocenters. The van der Waals surface area contributed by atoms with Gasteiger partial charge in [-0.15, -0.1) is 11.3 Å². The minimum absolute atomic E-state index is 0.103. The highest BCUT2D eigenvalue weighted by molar-refractivity contribution is 7.09. The first-order valence-electron chi connectivity index (χ1n) is 5.79. The van der Waals surface area contributed by atoms with E-state index in [0.717, 1.165) is 25.4 Å². The van der Waals surface area contributed by atoms with Crippen LogP contribution in [0.1, 0.15) is 17.7 Å². The molecule has 1 aromatic heterocycles. The number of hydrogen-bond acceptors (Lipinski definition) is 3. The second-order valence-corrected chi connectivity index (χ2v) is 8.06. The van der Waals surface area contributed by atoms with E-state index in [1.165, 1.54) is 4.88 Å². The van der Waals surface area contributed by atoms with Crippen LogP contribution < -0.4 is 5.73 Å². The van der Waals surface area contributed by atoms with Crippen molar-refractivity contribution in [1.29, 1.82) is 0 Å². The van der Waals surface area contributed by atoms with Crippen molar-refractivity contribution in [2.24, 2.45) is 5.73 Å². The van der Waals surface area contributed by atoms with Crippen LogP contribution >= 0.6 is 11.3 Å². The van der Waals surface area contributed by atoms with Crippen LogP contribution in [0.2, 0.25) is 6.04 Å². The van der Waals surface area contributed by atoms with Crippen molar-refractivity contribution in [3.05, 3.63) is 22.4 Å². The second kappa shape index (κ2) is 5.46. The summed E-state index contributed by atoms with van der Waals surface area (Å²) in [5.41, 5.74) is 5.10. The van der Waals surface area contributed by atoms with Crippen LogP contribution in [0.4, 0.5) is 4.79 Å². The van der Waals surface area contributed by atoms with Crippen LogP contribution in [-0.4, -0.2) is 31.5 Å². The third-order valence-corrected chi connectivity index (χ3v) is 6.91. The quantitative estimate of drug-likeness (QED) is 0.837. The van der Waals surface area contributed by atoms with E-state index in [2.05, 4.69) is 0 Å². The van der Waals surface area contributed by atoms with E-state index in [-0.39, 0.29) is 11.4 Å².